The molecule has 4 saturated heterocycles. The van der Waals surface area contributed by atoms with Crippen molar-refractivity contribution in [2.75, 3.05) is 72.5 Å². The van der Waals surface area contributed by atoms with E-state index in [1.54, 1.807) is 0 Å². The quantitative estimate of drug-likeness (QED) is 0.153. The van der Waals surface area contributed by atoms with Gasteiger partial charge in [0.15, 0.2) is 0 Å². The van der Waals surface area contributed by atoms with Crippen molar-refractivity contribution >= 4 is 70.2 Å². The molecule has 0 aromatic carbocycles. The smallest absolute Gasteiger partial charge is 0.143 e. The highest BCUT2D eigenvalue weighted by atomic mass is 32.2. The molecule has 4 aliphatic heterocycles. The van der Waals surface area contributed by atoms with Gasteiger partial charge in [0.05, 0.1) is 73.9 Å². The number of hydrogen-bond acceptors (Lipinski definition) is 12. The second-order valence-electron chi connectivity index (χ2n) is 10.2. The topological polar surface area (TPSA) is 118 Å². The average Bonchev–Trinajstić information content (AvgIpc) is 3.66. The van der Waals surface area contributed by atoms with Crippen LogP contribution in [-0.2, 0) is 38.1 Å². The summed E-state index contributed by atoms with van der Waals surface area (Å²) in [6, 6.07) is 0. The van der Waals surface area contributed by atoms with Crippen molar-refractivity contribution in [2.45, 2.75) is 50.1 Å². The molecule has 208 valence electrons. The Balaban J connectivity index is 1.37. The zero-order valence-corrected chi connectivity index (χ0v) is 24.3. The van der Waals surface area contributed by atoms with Crippen LogP contribution in [0.1, 0.15) is 25.7 Å². The maximum atomic E-state index is 13.1. The van der Waals surface area contributed by atoms with E-state index in [9.17, 15) is 19.2 Å². The van der Waals surface area contributed by atoms with Gasteiger partial charge in [0.1, 0.15) is 23.1 Å². The Kier molecular flexibility index (Phi) is 12.2. The summed E-state index contributed by atoms with van der Waals surface area (Å²) >= 11 is 6.07. The van der Waals surface area contributed by atoms with Gasteiger partial charge in [-0.15, -0.1) is 0 Å². The Bertz CT molecular complexity index is 675. The van der Waals surface area contributed by atoms with Crippen molar-refractivity contribution in [1.29, 1.82) is 0 Å². The van der Waals surface area contributed by atoms with Crippen LogP contribution in [0, 0.1) is 5.41 Å². The third-order valence-corrected chi connectivity index (χ3v) is 10.7. The summed E-state index contributed by atoms with van der Waals surface area (Å²) in [4.78, 5) is 52.3. The zero-order valence-electron chi connectivity index (χ0n) is 21.0. The molecule has 0 spiro atoms. The standard InChI is InChI=1S/C25H36O8S4/c26-17(9-34-13-21-5-30-21)1-25(2-18(27)10-35-14-22-6-31-22,3-19(28)11-36-15-23-7-32-23)4-20(29)12-37-16-24-8-33-24/h21-24H,1-16H2. The van der Waals surface area contributed by atoms with Gasteiger partial charge in [-0.05, 0) is 5.41 Å². The van der Waals surface area contributed by atoms with Gasteiger partial charge in [-0.25, -0.2) is 0 Å². The van der Waals surface area contributed by atoms with Crippen LogP contribution in [0.4, 0.5) is 0 Å². The van der Waals surface area contributed by atoms with Crippen molar-refractivity contribution in [3.8, 4) is 0 Å². The van der Waals surface area contributed by atoms with Crippen molar-refractivity contribution in [2.24, 2.45) is 5.41 Å². The lowest BCUT2D eigenvalue weighted by Gasteiger charge is -2.32. The van der Waals surface area contributed by atoms with Gasteiger partial charge in [0, 0.05) is 48.7 Å². The Morgan fingerprint density at radius 1 is 0.486 bits per heavy atom. The van der Waals surface area contributed by atoms with Crippen LogP contribution in [-0.4, -0.2) is 120 Å². The highest BCUT2D eigenvalue weighted by Gasteiger charge is 2.39. The Hall–Kier alpha value is -0.0800. The van der Waals surface area contributed by atoms with Crippen LogP contribution < -0.4 is 0 Å². The number of ketones is 4. The van der Waals surface area contributed by atoms with Crippen LogP contribution in [0.3, 0.4) is 0 Å². The predicted molar refractivity (Wildman–Crippen MR) is 149 cm³/mol. The van der Waals surface area contributed by atoms with Gasteiger partial charge < -0.3 is 18.9 Å². The van der Waals surface area contributed by atoms with E-state index >= 15 is 0 Å². The Morgan fingerprint density at radius 3 is 0.892 bits per heavy atom. The number of rotatable bonds is 24. The van der Waals surface area contributed by atoms with E-state index in [0.29, 0.717) is 23.0 Å². The van der Waals surface area contributed by atoms with Crippen LogP contribution in [0.2, 0.25) is 0 Å². The average molecular weight is 593 g/mol. The second-order valence-corrected chi connectivity index (χ2v) is 14.4. The minimum Gasteiger partial charge on any atom is -0.372 e. The third-order valence-electron chi connectivity index (χ3n) is 6.17. The van der Waals surface area contributed by atoms with Crippen LogP contribution in [0.25, 0.3) is 0 Å². The molecule has 4 aliphatic rings. The van der Waals surface area contributed by atoms with Crippen LogP contribution >= 0.6 is 47.0 Å². The molecule has 0 amide bonds. The first-order chi connectivity index (χ1) is 17.9. The number of carbonyl (C=O) groups is 4. The van der Waals surface area contributed by atoms with Gasteiger partial charge in [-0.3, -0.25) is 19.2 Å². The molecule has 0 N–H and O–H groups in total. The maximum absolute atomic E-state index is 13.1. The predicted octanol–water partition coefficient (Wildman–Crippen LogP) is 2.34. The molecule has 12 heteroatoms. The number of thioether (sulfide) groups is 4. The maximum Gasteiger partial charge on any atom is 0.143 e. The summed E-state index contributed by atoms with van der Waals surface area (Å²) < 4.78 is 20.9. The lowest BCUT2D eigenvalue weighted by atomic mass is 9.71. The summed E-state index contributed by atoms with van der Waals surface area (Å²) in [5, 5.41) is 0. The van der Waals surface area contributed by atoms with E-state index in [1.807, 2.05) is 0 Å². The fraction of sp³-hybridized carbons (Fsp3) is 0.840. The lowest BCUT2D eigenvalue weighted by Crippen LogP contribution is -2.35. The minimum atomic E-state index is -0.969. The summed E-state index contributed by atoms with van der Waals surface area (Å²) in [5.74, 6) is 4.16. The van der Waals surface area contributed by atoms with Crippen LogP contribution in [0.15, 0.2) is 0 Å². The van der Waals surface area contributed by atoms with Gasteiger partial charge in [-0.2, -0.15) is 47.0 Å². The van der Waals surface area contributed by atoms with E-state index in [2.05, 4.69) is 0 Å². The third kappa shape index (κ3) is 13.2. The molecule has 37 heavy (non-hydrogen) atoms. The molecule has 4 unspecified atom stereocenters. The molecule has 4 rings (SSSR count). The van der Waals surface area contributed by atoms with Crippen molar-refractivity contribution < 1.29 is 38.1 Å². The monoisotopic (exact) mass is 592 g/mol. The minimum absolute atomic E-state index is 0.0175. The normalized spacial score (nSPS) is 26.8. The molecule has 0 bridgehead atoms. The molecule has 8 nitrogen and oxygen atoms in total. The molecule has 0 aromatic rings. The van der Waals surface area contributed by atoms with Crippen molar-refractivity contribution in [3.05, 3.63) is 0 Å². The molecular weight excluding hydrogens is 557 g/mol. The molecule has 4 fully saturated rings. The van der Waals surface area contributed by atoms with Gasteiger partial charge in [0.25, 0.3) is 0 Å². The van der Waals surface area contributed by atoms with Crippen molar-refractivity contribution in [1.82, 2.24) is 0 Å². The highest BCUT2D eigenvalue weighted by molar-refractivity contribution is 8.00. The molecule has 4 atom stereocenters. The first-order valence-corrected chi connectivity index (χ1v) is 17.4. The molecule has 0 radical (unpaired) electrons. The van der Waals surface area contributed by atoms with E-state index in [4.69, 9.17) is 18.9 Å². The molecule has 0 aliphatic carbocycles. The molecule has 0 saturated carbocycles. The Labute approximate surface area is 235 Å². The SMILES string of the molecule is O=C(CSCC1CO1)CC(CC(=O)CSCC1CO1)(CC(=O)CSCC1CO1)CC(=O)CSCC1CO1. The van der Waals surface area contributed by atoms with Crippen molar-refractivity contribution in [3.63, 3.8) is 0 Å². The zero-order chi connectivity index (χ0) is 26.1. The summed E-state index contributed by atoms with van der Waals surface area (Å²) in [6.07, 6.45) is 1.16. The fourth-order valence-corrected chi connectivity index (χ4v) is 7.74. The number of carbonyl (C=O) groups excluding carboxylic acids is 4. The van der Waals surface area contributed by atoms with E-state index in [-0.39, 0.29) is 73.2 Å². The van der Waals surface area contributed by atoms with E-state index in [0.717, 1.165) is 49.4 Å². The first-order valence-electron chi connectivity index (χ1n) is 12.7. The van der Waals surface area contributed by atoms with Gasteiger partial charge >= 0.3 is 0 Å². The van der Waals surface area contributed by atoms with Crippen LogP contribution in [0.5, 0.6) is 0 Å². The summed E-state index contributed by atoms with van der Waals surface area (Å²) in [7, 11) is 0. The van der Waals surface area contributed by atoms with Gasteiger partial charge in [0.2, 0.25) is 0 Å². The number of epoxide rings is 4. The number of hydrogen-bond donors (Lipinski definition) is 0. The lowest BCUT2D eigenvalue weighted by molar-refractivity contribution is -0.127. The first kappa shape index (κ1) is 29.9. The summed E-state index contributed by atoms with van der Waals surface area (Å²) in [5.41, 5.74) is -0.969. The van der Waals surface area contributed by atoms with Gasteiger partial charge in [-0.1, -0.05) is 0 Å². The summed E-state index contributed by atoms with van der Waals surface area (Å²) in [6.45, 7) is 2.94. The Morgan fingerprint density at radius 2 is 0.703 bits per heavy atom. The number of Topliss-reactive ketones (excluding diaryl/α,β-unsaturated/α-hetero) is 4. The van der Waals surface area contributed by atoms with E-state index in [1.165, 1.54) is 47.0 Å². The highest BCUT2D eigenvalue weighted by Crippen LogP contribution is 2.38. The van der Waals surface area contributed by atoms with E-state index < -0.39 is 5.41 Å². The molecular formula is C25H36O8S4. The molecule has 0 aromatic heterocycles. The fourth-order valence-electron chi connectivity index (χ4n) is 4.13. The molecule has 4 heterocycles. The number of ether oxygens (including phenoxy) is 4. The largest absolute Gasteiger partial charge is 0.372 e. The second kappa shape index (κ2) is 15.1.